The van der Waals surface area contributed by atoms with E-state index in [1.165, 1.54) is 6.07 Å². The van der Waals surface area contributed by atoms with Crippen LogP contribution < -0.4 is 10.0 Å². The summed E-state index contributed by atoms with van der Waals surface area (Å²) in [6.45, 7) is 8.12. The Hall–Kier alpha value is -2.00. The zero-order chi connectivity index (χ0) is 20.6. The minimum Gasteiger partial charge on any atom is -0.444 e. The molecule has 1 saturated heterocycles. The number of rotatable bonds is 1. The Balaban J connectivity index is 2.04. The number of fused-ring (bicyclic) bond motifs is 1. The first-order valence-electron chi connectivity index (χ1n) is 9.50. The molecule has 0 spiro atoms. The first-order chi connectivity index (χ1) is 13.0. The van der Waals surface area contributed by atoms with E-state index in [1.54, 1.807) is 50.2 Å². The smallest absolute Gasteiger partial charge is 0.414 e. The molecule has 9 heteroatoms. The van der Waals surface area contributed by atoms with Crippen molar-refractivity contribution in [2.75, 3.05) is 18.8 Å². The minimum atomic E-state index is -3.12. The van der Waals surface area contributed by atoms with Gasteiger partial charge in [-0.2, -0.15) is 0 Å². The van der Waals surface area contributed by atoms with Crippen LogP contribution in [0.25, 0.3) is 0 Å². The predicted octanol–water partition coefficient (Wildman–Crippen LogP) is 2.47. The SMILES string of the molecule is CC(C)(C)OC(=O)NC1=NC(C)(c2ccccc2F)C[SH]2(=O)NCCCCN12. The molecule has 0 aliphatic carbocycles. The fourth-order valence-electron chi connectivity index (χ4n) is 3.56. The van der Waals surface area contributed by atoms with Gasteiger partial charge in [0.1, 0.15) is 17.0 Å². The second-order valence-electron chi connectivity index (χ2n) is 8.41. The van der Waals surface area contributed by atoms with Crippen molar-refractivity contribution in [3.05, 3.63) is 35.6 Å². The Morgan fingerprint density at radius 2 is 2.07 bits per heavy atom. The maximum absolute atomic E-state index is 14.6. The van der Waals surface area contributed by atoms with Crippen LogP contribution in [0.15, 0.2) is 29.3 Å². The number of guanidine groups is 1. The third-order valence-electron chi connectivity index (χ3n) is 4.73. The van der Waals surface area contributed by atoms with Crippen molar-refractivity contribution in [1.82, 2.24) is 14.3 Å². The van der Waals surface area contributed by atoms with Crippen molar-refractivity contribution >= 4 is 22.4 Å². The summed E-state index contributed by atoms with van der Waals surface area (Å²) in [4.78, 5) is 17.0. The fraction of sp³-hybridized carbons (Fsp3) is 0.579. The molecule has 0 saturated carbocycles. The highest BCUT2D eigenvalue weighted by Crippen LogP contribution is 2.36. The quantitative estimate of drug-likeness (QED) is 0.620. The Bertz CT molecular complexity index is 839. The summed E-state index contributed by atoms with van der Waals surface area (Å²) in [7, 11) is -3.12. The molecule has 0 bridgehead atoms. The van der Waals surface area contributed by atoms with Gasteiger partial charge >= 0.3 is 6.09 Å². The highest BCUT2D eigenvalue weighted by atomic mass is 32.3. The van der Waals surface area contributed by atoms with Crippen LogP contribution in [0.3, 0.4) is 0 Å². The molecule has 1 aromatic rings. The lowest BCUT2D eigenvalue weighted by molar-refractivity contribution is 0.0558. The van der Waals surface area contributed by atoms with Gasteiger partial charge in [-0.25, -0.2) is 18.9 Å². The summed E-state index contributed by atoms with van der Waals surface area (Å²) < 4.78 is 38.5. The normalized spacial score (nSPS) is 25.8. The second-order valence-corrected chi connectivity index (χ2v) is 10.9. The van der Waals surface area contributed by atoms with Crippen molar-refractivity contribution in [1.29, 1.82) is 0 Å². The van der Waals surface area contributed by atoms with Crippen LogP contribution in [0.5, 0.6) is 0 Å². The highest BCUT2D eigenvalue weighted by Gasteiger charge is 2.44. The number of halogens is 1. The van der Waals surface area contributed by atoms with E-state index < -0.39 is 33.4 Å². The van der Waals surface area contributed by atoms with E-state index in [0.29, 0.717) is 18.7 Å². The first-order valence-corrected chi connectivity index (χ1v) is 11.3. The van der Waals surface area contributed by atoms with Crippen molar-refractivity contribution < 1.29 is 18.1 Å². The molecule has 0 radical (unpaired) electrons. The molecule has 1 amide bonds. The summed E-state index contributed by atoms with van der Waals surface area (Å²) in [5.41, 5.74) is -1.42. The number of aliphatic imine (C=N–C) groups is 1. The molecule has 1 aromatic carbocycles. The molecule has 156 valence electrons. The number of ether oxygens (including phenoxy) is 1. The zero-order valence-corrected chi connectivity index (χ0v) is 17.7. The highest BCUT2D eigenvalue weighted by molar-refractivity contribution is 7.99. The van der Waals surface area contributed by atoms with Gasteiger partial charge in [-0.15, -0.1) is 0 Å². The van der Waals surface area contributed by atoms with E-state index in [4.69, 9.17) is 4.74 Å². The van der Waals surface area contributed by atoms with E-state index in [2.05, 4.69) is 15.0 Å². The molecule has 28 heavy (non-hydrogen) atoms. The summed E-state index contributed by atoms with van der Waals surface area (Å²) in [6, 6.07) is 6.33. The van der Waals surface area contributed by atoms with Gasteiger partial charge in [-0.1, -0.05) is 18.2 Å². The number of hydrogen-bond acceptors (Lipinski definition) is 4. The third kappa shape index (κ3) is 4.35. The standard InChI is InChI=1S/C19H29FN4O3S/c1-18(2,3)27-17(25)22-16-23-19(4,14-9-5-6-10-15(14)20)13-28(26)21-11-7-8-12-24(16)28/h5-6,9-10,28H,7-8,11-13H2,1-4H3,(H,21,26)(H,22,23,25). The molecule has 2 aliphatic heterocycles. The van der Waals surface area contributed by atoms with Crippen LogP contribution in [-0.4, -0.2) is 45.0 Å². The van der Waals surface area contributed by atoms with Crippen LogP contribution in [0.1, 0.15) is 46.1 Å². The van der Waals surface area contributed by atoms with Gasteiger partial charge < -0.3 is 4.74 Å². The molecule has 0 aromatic heterocycles. The monoisotopic (exact) mass is 412 g/mol. The Labute approximate surface area is 166 Å². The first kappa shape index (κ1) is 20.7. The van der Waals surface area contributed by atoms with E-state index in [9.17, 15) is 13.4 Å². The number of carbonyl (C=O) groups excluding carboxylic acids is 1. The molecule has 1 unspecified atom stereocenters. The lowest BCUT2D eigenvalue weighted by Gasteiger charge is -2.46. The number of benzene rings is 1. The number of hydrogen-bond donors (Lipinski definition) is 3. The molecule has 1 fully saturated rings. The Morgan fingerprint density at radius 1 is 1.36 bits per heavy atom. The molecular weight excluding hydrogens is 383 g/mol. The molecule has 7 nitrogen and oxygen atoms in total. The average Bonchev–Trinajstić information content (AvgIpc) is 2.74. The van der Waals surface area contributed by atoms with Crippen molar-refractivity contribution in [2.45, 2.75) is 51.7 Å². The van der Waals surface area contributed by atoms with Crippen LogP contribution in [-0.2, 0) is 20.6 Å². The van der Waals surface area contributed by atoms with E-state index >= 15 is 0 Å². The number of alkyl carbamates (subject to hydrolysis) is 1. The van der Waals surface area contributed by atoms with E-state index in [1.807, 2.05) is 0 Å². The number of carbonyl (C=O) groups is 1. The van der Waals surface area contributed by atoms with Crippen LogP contribution in [0, 0.1) is 5.82 Å². The molecule has 2 heterocycles. The second kappa shape index (κ2) is 7.44. The number of thiol groups is 1. The molecule has 2 aliphatic rings. The van der Waals surface area contributed by atoms with Gasteiger partial charge in [0.25, 0.3) is 0 Å². The van der Waals surface area contributed by atoms with Gasteiger partial charge in [0.05, 0.1) is 5.75 Å². The lowest BCUT2D eigenvalue weighted by atomic mass is 9.94. The van der Waals surface area contributed by atoms with Crippen LogP contribution in [0.2, 0.25) is 0 Å². The van der Waals surface area contributed by atoms with Crippen molar-refractivity contribution in [2.24, 2.45) is 4.99 Å². The van der Waals surface area contributed by atoms with Gasteiger partial charge in [0.2, 0.25) is 5.96 Å². The third-order valence-corrected chi connectivity index (χ3v) is 7.66. The Morgan fingerprint density at radius 3 is 2.75 bits per heavy atom. The molecule has 2 N–H and O–H groups in total. The van der Waals surface area contributed by atoms with Crippen LogP contribution in [0.4, 0.5) is 9.18 Å². The van der Waals surface area contributed by atoms with Crippen LogP contribution >= 0.6 is 0 Å². The molecule has 1 atom stereocenters. The largest absolute Gasteiger partial charge is 0.444 e. The van der Waals surface area contributed by atoms with Gasteiger partial charge in [0.15, 0.2) is 0 Å². The summed E-state index contributed by atoms with van der Waals surface area (Å²) in [5.74, 6) is -0.121. The van der Waals surface area contributed by atoms with Gasteiger partial charge in [-0.05, 0) is 46.6 Å². The average molecular weight is 413 g/mol. The number of nitrogens with zero attached hydrogens (tertiary/aromatic N) is 2. The molecular formula is C19H29FN4O3S. The Kier molecular flexibility index (Phi) is 5.51. The van der Waals surface area contributed by atoms with Crippen molar-refractivity contribution in [3.8, 4) is 0 Å². The number of nitrogens with one attached hydrogen (secondary N) is 2. The van der Waals surface area contributed by atoms with Crippen molar-refractivity contribution in [3.63, 3.8) is 0 Å². The zero-order valence-electron chi connectivity index (χ0n) is 16.8. The van der Waals surface area contributed by atoms with Gasteiger partial charge in [0, 0.05) is 29.0 Å². The van der Waals surface area contributed by atoms with E-state index in [-0.39, 0.29) is 11.7 Å². The molecule has 3 rings (SSSR count). The van der Waals surface area contributed by atoms with Gasteiger partial charge in [-0.3, -0.25) is 13.8 Å². The maximum Gasteiger partial charge on any atom is 0.414 e. The summed E-state index contributed by atoms with van der Waals surface area (Å²) >= 11 is 0. The predicted molar refractivity (Wildman–Crippen MR) is 109 cm³/mol. The maximum atomic E-state index is 14.6. The topological polar surface area (TPSA) is 83.0 Å². The fourth-order valence-corrected chi connectivity index (χ4v) is 6.46. The minimum absolute atomic E-state index is 0.139. The summed E-state index contributed by atoms with van der Waals surface area (Å²) in [6.07, 6.45) is 0.985. The van der Waals surface area contributed by atoms with E-state index in [0.717, 1.165) is 12.8 Å². The number of amides is 1. The lowest BCUT2D eigenvalue weighted by Crippen LogP contribution is -2.62. The summed E-state index contributed by atoms with van der Waals surface area (Å²) in [5, 5.41) is 2.65.